The SMILES string of the molecule is COc1ccc(C(=O)ONc2ccc(N=NC(=O)c3ccc([N+](=O)[O-])cc3[N+](=O)[O-])cc2)cc1. The molecule has 0 fully saturated rings. The van der Waals surface area contributed by atoms with E-state index in [9.17, 15) is 29.8 Å². The van der Waals surface area contributed by atoms with Crippen LogP contribution in [0.25, 0.3) is 0 Å². The third-order valence-corrected chi connectivity index (χ3v) is 4.33. The van der Waals surface area contributed by atoms with Gasteiger partial charge in [0.05, 0.1) is 40.0 Å². The number of amides is 1. The zero-order valence-corrected chi connectivity index (χ0v) is 17.4. The molecule has 0 radical (unpaired) electrons. The van der Waals surface area contributed by atoms with Crippen molar-refractivity contribution in [1.82, 2.24) is 0 Å². The lowest BCUT2D eigenvalue weighted by molar-refractivity contribution is -0.394. The van der Waals surface area contributed by atoms with E-state index in [0.29, 0.717) is 23.1 Å². The van der Waals surface area contributed by atoms with Gasteiger partial charge in [0.25, 0.3) is 11.4 Å². The number of methoxy groups -OCH3 is 1. The number of nitrogens with zero attached hydrogens (tertiary/aromatic N) is 4. The Morgan fingerprint density at radius 1 is 0.912 bits per heavy atom. The molecule has 0 atom stereocenters. The van der Waals surface area contributed by atoms with E-state index in [-0.39, 0.29) is 5.69 Å². The van der Waals surface area contributed by atoms with Gasteiger partial charge in [0.2, 0.25) is 0 Å². The molecule has 172 valence electrons. The molecule has 0 saturated heterocycles. The summed E-state index contributed by atoms with van der Waals surface area (Å²) in [6.45, 7) is 0. The molecular weight excluding hydrogens is 450 g/mol. The number of nitro benzene ring substituents is 2. The van der Waals surface area contributed by atoms with Crippen LogP contribution in [0.5, 0.6) is 5.75 Å². The lowest BCUT2D eigenvalue weighted by Crippen LogP contribution is -2.10. The van der Waals surface area contributed by atoms with Gasteiger partial charge in [0.15, 0.2) is 0 Å². The highest BCUT2D eigenvalue weighted by Crippen LogP contribution is 2.26. The van der Waals surface area contributed by atoms with Crippen molar-refractivity contribution in [3.8, 4) is 5.75 Å². The number of carbonyl (C=O) groups is 2. The van der Waals surface area contributed by atoms with Crippen molar-refractivity contribution < 1.29 is 29.0 Å². The average Bonchev–Trinajstić information content (AvgIpc) is 2.86. The van der Waals surface area contributed by atoms with E-state index in [1.807, 2.05) is 0 Å². The van der Waals surface area contributed by atoms with Gasteiger partial charge >= 0.3 is 11.9 Å². The molecule has 1 amide bonds. The predicted octanol–water partition coefficient (Wildman–Crippen LogP) is 4.62. The van der Waals surface area contributed by atoms with E-state index in [2.05, 4.69) is 15.7 Å². The molecule has 3 rings (SSSR count). The number of anilines is 1. The Morgan fingerprint density at radius 3 is 2.18 bits per heavy atom. The fraction of sp³-hybridized carbons (Fsp3) is 0.0476. The zero-order chi connectivity index (χ0) is 24.7. The summed E-state index contributed by atoms with van der Waals surface area (Å²) in [6.07, 6.45) is 0. The molecule has 3 aromatic carbocycles. The van der Waals surface area contributed by atoms with Gasteiger partial charge in [-0.2, -0.15) is 0 Å². The van der Waals surface area contributed by atoms with Gasteiger partial charge in [-0.25, -0.2) is 10.3 Å². The minimum Gasteiger partial charge on any atom is -0.497 e. The van der Waals surface area contributed by atoms with Crippen molar-refractivity contribution in [1.29, 1.82) is 0 Å². The number of hydrogen-bond donors (Lipinski definition) is 1. The Hall–Kier alpha value is -5.20. The maximum Gasteiger partial charge on any atom is 0.362 e. The highest BCUT2D eigenvalue weighted by molar-refractivity contribution is 5.99. The van der Waals surface area contributed by atoms with Crippen molar-refractivity contribution >= 4 is 34.6 Å². The summed E-state index contributed by atoms with van der Waals surface area (Å²) in [5.41, 5.74) is 1.68. The van der Waals surface area contributed by atoms with Gasteiger partial charge in [0.1, 0.15) is 11.3 Å². The Balaban J connectivity index is 1.63. The van der Waals surface area contributed by atoms with Crippen LogP contribution in [0.2, 0.25) is 0 Å². The Labute approximate surface area is 190 Å². The first kappa shape index (κ1) is 23.5. The summed E-state index contributed by atoms with van der Waals surface area (Å²) in [5, 5.41) is 29.1. The Morgan fingerprint density at radius 2 is 1.59 bits per heavy atom. The van der Waals surface area contributed by atoms with Crippen LogP contribution < -0.4 is 10.2 Å². The first-order valence-corrected chi connectivity index (χ1v) is 9.38. The summed E-state index contributed by atoms with van der Waals surface area (Å²) < 4.78 is 5.02. The number of benzene rings is 3. The summed E-state index contributed by atoms with van der Waals surface area (Å²) in [6, 6.07) is 14.8. The molecule has 0 bridgehead atoms. The van der Waals surface area contributed by atoms with E-state index < -0.39 is 38.7 Å². The largest absolute Gasteiger partial charge is 0.497 e. The second-order valence-corrected chi connectivity index (χ2v) is 6.49. The molecular formula is C21H15N5O8. The van der Waals surface area contributed by atoms with Crippen LogP contribution in [0.3, 0.4) is 0 Å². The number of nitrogens with one attached hydrogen (secondary N) is 1. The first-order chi connectivity index (χ1) is 16.3. The topological polar surface area (TPSA) is 176 Å². The summed E-state index contributed by atoms with van der Waals surface area (Å²) in [5.74, 6) is -1.07. The molecule has 0 saturated carbocycles. The van der Waals surface area contributed by atoms with E-state index >= 15 is 0 Å². The molecule has 0 aliphatic carbocycles. The minimum atomic E-state index is -1.04. The molecule has 34 heavy (non-hydrogen) atoms. The molecule has 0 aliphatic rings. The number of nitro groups is 2. The summed E-state index contributed by atoms with van der Waals surface area (Å²) >= 11 is 0. The molecule has 0 aliphatic heterocycles. The molecule has 3 aromatic rings. The van der Waals surface area contributed by atoms with E-state index in [1.54, 1.807) is 24.3 Å². The quantitative estimate of drug-likeness (QED) is 0.282. The number of carbonyl (C=O) groups excluding carboxylic acids is 2. The van der Waals surface area contributed by atoms with Crippen molar-refractivity contribution in [2.75, 3.05) is 12.6 Å². The van der Waals surface area contributed by atoms with Crippen molar-refractivity contribution in [2.24, 2.45) is 10.2 Å². The number of non-ortho nitro benzene ring substituents is 1. The summed E-state index contributed by atoms with van der Waals surface area (Å²) in [7, 11) is 1.51. The van der Waals surface area contributed by atoms with Crippen LogP contribution in [-0.2, 0) is 4.84 Å². The van der Waals surface area contributed by atoms with Crippen LogP contribution in [0.1, 0.15) is 20.7 Å². The standard InChI is InChI=1S/C21H15N5O8/c1-33-17-9-2-13(3-10-17)21(28)34-24-15-6-4-14(5-7-15)22-23-20(27)18-11-8-16(25(29)30)12-19(18)26(31)32/h2-12,24H,1H3. The number of rotatable bonds is 8. The zero-order valence-electron chi connectivity index (χ0n) is 17.4. The number of azo groups is 1. The van der Waals surface area contributed by atoms with Gasteiger partial charge in [-0.3, -0.25) is 25.0 Å². The molecule has 13 nitrogen and oxygen atoms in total. The normalized spacial score (nSPS) is 10.5. The minimum absolute atomic E-state index is 0.227. The Kier molecular flexibility index (Phi) is 7.18. The van der Waals surface area contributed by atoms with Crippen LogP contribution in [-0.4, -0.2) is 28.8 Å². The van der Waals surface area contributed by atoms with Crippen molar-refractivity contribution in [2.45, 2.75) is 0 Å². The lowest BCUT2D eigenvalue weighted by Gasteiger charge is -2.07. The van der Waals surface area contributed by atoms with Gasteiger partial charge < -0.3 is 9.57 Å². The smallest absolute Gasteiger partial charge is 0.362 e. The van der Waals surface area contributed by atoms with Crippen LogP contribution in [0.15, 0.2) is 77.0 Å². The molecule has 0 heterocycles. The summed E-state index contributed by atoms with van der Waals surface area (Å²) in [4.78, 5) is 49.5. The van der Waals surface area contributed by atoms with Gasteiger partial charge in [-0.05, 0) is 54.6 Å². The van der Waals surface area contributed by atoms with Gasteiger partial charge in [-0.15, -0.1) is 10.2 Å². The maximum absolute atomic E-state index is 12.2. The van der Waals surface area contributed by atoms with Crippen LogP contribution >= 0.6 is 0 Å². The molecule has 0 aromatic heterocycles. The molecule has 1 N–H and O–H groups in total. The van der Waals surface area contributed by atoms with Gasteiger partial charge in [0, 0.05) is 6.07 Å². The van der Waals surface area contributed by atoms with Crippen molar-refractivity contribution in [3.05, 3.63) is 98.1 Å². The van der Waals surface area contributed by atoms with E-state index in [4.69, 9.17) is 9.57 Å². The van der Waals surface area contributed by atoms with E-state index in [1.165, 1.54) is 31.4 Å². The average molecular weight is 465 g/mol. The second-order valence-electron chi connectivity index (χ2n) is 6.49. The van der Waals surface area contributed by atoms with Gasteiger partial charge in [-0.1, -0.05) is 0 Å². The maximum atomic E-state index is 12.2. The van der Waals surface area contributed by atoms with Crippen LogP contribution in [0, 0.1) is 20.2 Å². The number of ether oxygens (including phenoxy) is 1. The number of hydrogen-bond acceptors (Lipinski definition) is 10. The second kappa shape index (κ2) is 10.4. The third-order valence-electron chi connectivity index (χ3n) is 4.33. The first-order valence-electron chi connectivity index (χ1n) is 9.38. The monoisotopic (exact) mass is 465 g/mol. The predicted molar refractivity (Wildman–Crippen MR) is 117 cm³/mol. The molecule has 0 spiro atoms. The van der Waals surface area contributed by atoms with E-state index in [0.717, 1.165) is 12.1 Å². The lowest BCUT2D eigenvalue weighted by atomic mass is 10.1. The molecule has 0 unspecified atom stereocenters. The molecule has 13 heteroatoms. The fourth-order valence-electron chi connectivity index (χ4n) is 2.61. The highest BCUT2D eigenvalue weighted by Gasteiger charge is 2.24. The van der Waals surface area contributed by atoms with Crippen LogP contribution in [0.4, 0.5) is 22.7 Å². The van der Waals surface area contributed by atoms with Crippen molar-refractivity contribution in [3.63, 3.8) is 0 Å². The fourth-order valence-corrected chi connectivity index (χ4v) is 2.61. The third kappa shape index (κ3) is 5.73. The highest BCUT2D eigenvalue weighted by atomic mass is 16.7. The Bertz CT molecular complexity index is 1270.